The van der Waals surface area contributed by atoms with Crippen LogP contribution >= 0.6 is 0 Å². The molecule has 0 aliphatic heterocycles. The minimum absolute atomic E-state index is 0. The number of allylic oxidation sites excluding steroid dienone is 5. The molecule has 0 spiro atoms. The van der Waals surface area contributed by atoms with Crippen LogP contribution in [0.3, 0.4) is 0 Å². The maximum atomic E-state index is 4.77. The van der Waals surface area contributed by atoms with Crippen LogP contribution in [0.4, 0.5) is 0 Å². The van der Waals surface area contributed by atoms with Gasteiger partial charge in [0, 0.05) is 0 Å². The van der Waals surface area contributed by atoms with E-state index in [9.17, 15) is 0 Å². The first kappa shape index (κ1) is 21.2. The van der Waals surface area contributed by atoms with Gasteiger partial charge in [-0.3, -0.25) is 0 Å². The van der Waals surface area contributed by atoms with Gasteiger partial charge in [0.2, 0.25) is 0 Å². The van der Waals surface area contributed by atoms with Crippen LogP contribution in [-0.4, -0.2) is 15.0 Å². The molecule has 1 heterocycles. The minimum atomic E-state index is -0.833. The third-order valence-electron chi connectivity index (χ3n) is 5.40. The van der Waals surface area contributed by atoms with Crippen LogP contribution in [-0.2, 0) is 23.2 Å². The SMILES string of the molecule is CC1=CC[C]([Zr+2][CH]2C(n3nc4ccccc4n3)=Cc3ccccc32)=C1C.[Cl-].[Cl-]. The van der Waals surface area contributed by atoms with Crippen molar-refractivity contribution in [1.29, 1.82) is 0 Å². The van der Waals surface area contributed by atoms with Crippen molar-refractivity contribution in [3.05, 3.63) is 80.2 Å². The van der Waals surface area contributed by atoms with Crippen molar-refractivity contribution in [2.75, 3.05) is 0 Å². The van der Waals surface area contributed by atoms with Crippen molar-refractivity contribution in [2.45, 2.75) is 23.9 Å². The van der Waals surface area contributed by atoms with E-state index in [1.54, 1.807) is 3.28 Å². The minimum Gasteiger partial charge on any atom is -1.00 e. The molecule has 5 rings (SSSR count). The van der Waals surface area contributed by atoms with Crippen molar-refractivity contribution in [2.24, 2.45) is 0 Å². The molecule has 0 saturated heterocycles. The van der Waals surface area contributed by atoms with E-state index in [-0.39, 0.29) is 24.8 Å². The molecule has 1 unspecified atom stereocenters. The standard InChI is InChI=1S/C15H10N3.C7H9.2ClH.Zr/c1-2-6-12-10-13(9-11(12)5-1)18-16-14-7-3-4-8-15(14)17-18;1-6-4-3-5-7(6)2;;;/h1-10H;4H,3H2,1-2H3;2*1H;/q;;;;+2/p-2. The summed E-state index contributed by atoms with van der Waals surface area (Å²) in [4.78, 5) is 1.89. The summed E-state index contributed by atoms with van der Waals surface area (Å²) in [6, 6.07) is 16.9. The summed E-state index contributed by atoms with van der Waals surface area (Å²) in [6.07, 6.45) is 5.82. The summed E-state index contributed by atoms with van der Waals surface area (Å²) in [5.41, 5.74) is 8.94. The fourth-order valence-electron chi connectivity index (χ4n) is 3.75. The first-order chi connectivity index (χ1) is 12.7. The van der Waals surface area contributed by atoms with E-state index in [0.717, 1.165) is 17.5 Å². The Bertz CT molecular complexity index is 1090. The zero-order valence-corrected chi connectivity index (χ0v) is 19.6. The van der Waals surface area contributed by atoms with E-state index < -0.39 is 23.2 Å². The summed E-state index contributed by atoms with van der Waals surface area (Å²) in [7, 11) is 0. The predicted octanol–water partition coefficient (Wildman–Crippen LogP) is -0.801. The third-order valence-corrected chi connectivity index (χ3v) is 9.88. The van der Waals surface area contributed by atoms with Gasteiger partial charge in [-0.25, -0.2) is 0 Å². The summed E-state index contributed by atoms with van der Waals surface area (Å²) < 4.78 is 2.18. The van der Waals surface area contributed by atoms with Gasteiger partial charge in [0.1, 0.15) is 0 Å². The fourth-order valence-corrected chi connectivity index (χ4v) is 8.04. The number of rotatable bonds is 3. The first-order valence-corrected chi connectivity index (χ1v) is 11.6. The van der Waals surface area contributed by atoms with Crippen LogP contribution in [0.25, 0.3) is 22.8 Å². The second-order valence-corrected chi connectivity index (χ2v) is 10.6. The molecule has 0 radical (unpaired) electrons. The molecule has 0 amide bonds. The molecule has 1 aromatic heterocycles. The van der Waals surface area contributed by atoms with Gasteiger partial charge >= 0.3 is 165 Å². The number of hydrogen-bond donors (Lipinski definition) is 0. The van der Waals surface area contributed by atoms with E-state index in [1.165, 1.54) is 28.0 Å². The van der Waals surface area contributed by atoms with Gasteiger partial charge in [-0.15, -0.1) is 0 Å². The maximum Gasteiger partial charge on any atom is -1.00 e. The second-order valence-electron chi connectivity index (χ2n) is 6.95. The van der Waals surface area contributed by atoms with Crippen LogP contribution < -0.4 is 24.8 Å². The normalized spacial score (nSPS) is 17.4. The summed E-state index contributed by atoms with van der Waals surface area (Å²) in [6.45, 7) is 4.53. The van der Waals surface area contributed by atoms with Crippen LogP contribution in [0.5, 0.6) is 0 Å². The average molecular weight is 488 g/mol. The maximum absolute atomic E-state index is 4.77. The number of nitrogens with zero attached hydrogens (tertiary/aromatic N) is 3. The van der Waals surface area contributed by atoms with Crippen molar-refractivity contribution < 1.29 is 48.0 Å². The van der Waals surface area contributed by atoms with Gasteiger partial charge in [-0.2, -0.15) is 0 Å². The van der Waals surface area contributed by atoms with Crippen LogP contribution in [0.1, 0.15) is 35.0 Å². The van der Waals surface area contributed by atoms with Crippen molar-refractivity contribution in [3.8, 4) is 0 Å². The molecule has 3 nitrogen and oxygen atoms in total. The molecule has 0 fully saturated rings. The quantitative estimate of drug-likeness (QED) is 0.485. The smallest absolute Gasteiger partial charge is 1.00 e. The van der Waals surface area contributed by atoms with Gasteiger partial charge in [-0.05, 0) is 0 Å². The number of benzene rings is 2. The van der Waals surface area contributed by atoms with Crippen LogP contribution in [0, 0.1) is 0 Å². The molecule has 2 aromatic carbocycles. The zero-order chi connectivity index (χ0) is 17.7. The van der Waals surface area contributed by atoms with Crippen molar-refractivity contribution in [1.82, 2.24) is 15.0 Å². The van der Waals surface area contributed by atoms with Gasteiger partial charge in [0.25, 0.3) is 0 Å². The summed E-state index contributed by atoms with van der Waals surface area (Å²) in [5.74, 6) is 0. The molecule has 0 bridgehead atoms. The molecule has 140 valence electrons. The van der Waals surface area contributed by atoms with Gasteiger partial charge in [0.15, 0.2) is 0 Å². The van der Waals surface area contributed by atoms with E-state index >= 15 is 0 Å². The number of aromatic nitrogens is 3. The average Bonchev–Trinajstić information content (AvgIpc) is 3.33. The Balaban J connectivity index is 0.00000112. The monoisotopic (exact) mass is 485 g/mol. The third kappa shape index (κ3) is 3.58. The Kier molecular flexibility index (Phi) is 6.44. The molecule has 0 N–H and O–H groups in total. The van der Waals surface area contributed by atoms with Gasteiger partial charge < -0.3 is 24.8 Å². The Hall–Kier alpha value is -1.48. The summed E-state index contributed by atoms with van der Waals surface area (Å²) >= 11 is -0.833. The van der Waals surface area contributed by atoms with E-state index in [0.29, 0.717) is 3.63 Å². The molecular formula is C22H19Cl2N3Zr. The second kappa shape index (κ2) is 8.49. The molecule has 2 aliphatic carbocycles. The Morgan fingerprint density at radius 2 is 1.57 bits per heavy atom. The van der Waals surface area contributed by atoms with Crippen molar-refractivity contribution >= 4 is 22.8 Å². The molecule has 3 aromatic rings. The molecule has 28 heavy (non-hydrogen) atoms. The summed E-state index contributed by atoms with van der Waals surface area (Å²) in [5, 5.41) is 9.54. The topological polar surface area (TPSA) is 30.7 Å². The predicted molar refractivity (Wildman–Crippen MR) is 102 cm³/mol. The Morgan fingerprint density at radius 1 is 0.929 bits per heavy atom. The molecule has 0 saturated carbocycles. The Labute approximate surface area is 189 Å². The molecule has 2 aliphatic rings. The number of hydrogen-bond acceptors (Lipinski definition) is 2. The largest absolute Gasteiger partial charge is 1.00 e. The molecule has 1 atom stereocenters. The van der Waals surface area contributed by atoms with Crippen LogP contribution in [0.2, 0.25) is 0 Å². The fraction of sp³-hybridized carbons (Fsp3) is 0.182. The number of fused-ring (bicyclic) bond motifs is 2. The zero-order valence-electron chi connectivity index (χ0n) is 15.7. The van der Waals surface area contributed by atoms with Crippen molar-refractivity contribution in [3.63, 3.8) is 0 Å². The molecular weight excluding hydrogens is 468 g/mol. The van der Waals surface area contributed by atoms with E-state index in [1.807, 2.05) is 29.1 Å². The Morgan fingerprint density at radius 3 is 2.21 bits per heavy atom. The first-order valence-electron chi connectivity index (χ1n) is 8.97. The number of halogens is 2. The van der Waals surface area contributed by atoms with Crippen LogP contribution in [0.15, 0.2) is 69.0 Å². The molecule has 6 heteroatoms. The van der Waals surface area contributed by atoms with Gasteiger partial charge in [0.05, 0.1) is 0 Å². The van der Waals surface area contributed by atoms with E-state index in [2.05, 4.69) is 50.3 Å². The van der Waals surface area contributed by atoms with E-state index in [4.69, 9.17) is 10.2 Å². The van der Waals surface area contributed by atoms with Gasteiger partial charge in [-0.1, -0.05) is 0 Å².